The van der Waals surface area contributed by atoms with Gasteiger partial charge in [0, 0.05) is 4.47 Å². The third-order valence-electron chi connectivity index (χ3n) is 2.02. The molecule has 0 aliphatic rings. The summed E-state index contributed by atoms with van der Waals surface area (Å²) in [5.41, 5.74) is 0.273. The Balaban J connectivity index is 3.21. The molecule has 1 aromatic rings. The maximum absolute atomic E-state index is 12.5. The van der Waals surface area contributed by atoms with Crippen molar-refractivity contribution in [2.45, 2.75) is 11.8 Å². The van der Waals surface area contributed by atoms with E-state index in [9.17, 15) is 8.78 Å². The van der Waals surface area contributed by atoms with Gasteiger partial charge in [-0.2, -0.15) is 0 Å². The minimum absolute atomic E-state index is 0.273. The zero-order valence-corrected chi connectivity index (χ0v) is 11.0. The number of methoxy groups -OCH3 is 2. The lowest BCUT2D eigenvalue weighted by Gasteiger charge is -2.15. The van der Waals surface area contributed by atoms with Crippen molar-refractivity contribution in [3.63, 3.8) is 0 Å². The van der Waals surface area contributed by atoms with Crippen LogP contribution in [0.3, 0.4) is 0 Å². The van der Waals surface area contributed by atoms with Gasteiger partial charge in [-0.3, -0.25) is 0 Å². The highest BCUT2D eigenvalue weighted by Crippen LogP contribution is 2.39. The van der Waals surface area contributed by atoms with Crippen LogP contribution in [0.4, 0.5) is 8.78 Å². The van der Waals surface area contributed by atoms with Crippen molar-refractivity contribution in [3.05, 3.63) is 22.2 Å². The number of alkyl halides is 3. The van der Waals surface area contributed by atoms with Gasteiger partial charge < -0.3 is 9.47 Å². The van der Waals surface area contributed by atoms with Crippen LogP contribution in [0.2, 0.25) is 0 Å². The standard InChI is InChI=1S/C10H10BrClF2O2/c1-15-7-3-5(9(12)10(13)14)6(11)4-8(7)16-2/h3-4,9-10H,1-2H3. The zero-order valence-electron chi connectivity index (χ0n) is 8.64. The van der Waals surface area contributed by atoms with E-state index in [-0.39, 0.29) is 5.56 Å². The Morgan fingerprint density at radius 2 is 1.69 bits per heavy atom. The van der Waals surface area contributed by atoms with Gasteiger partial charge in [0.25, 0.3) is 6.43 Å². The number of hydrogen-bond donors (Lipinski definition) is 0. The van der Waals surface area contributed by atoms with Crippen LogP contribution < -0.4 is 9.47 Å². The first-order chi connectivity index (χ1) is 7.51. The maximum atomic E-state index is 12.5. The molecule has 0 aromatic heterocycles. The lowest BCUT2D eigenvalue weighted by molar-refractivity contribution is 0.142. The summed E-state index contributed by atoms with van der Waals surface area (Å²) in [6, 6.07) is 2.98. The summed E-state index contributed by atoms with van der Waals surface area (Å²) in [6.45, 7) is 0. The van der Waals surface area contributed by atoms with E-state index in [1.165, 1.54) is 20.3 Å². The number of rotatable bonds is 4. The summed E-state index contributed by atoms with van der Waals surface area (Å²) in [5, 5.41) is -1.38. The second-order valence-electron chi connectivity index (χ2n) is 2.96. The van der Waals surface area contributed by atoms with Gasteiger partial charge in [0.2, 0.25) is 0 Å². The molecule has 0 bridgehead atoms. The molecule has 0 N–H and O–H groups in total. The monoisotopic (exact) mass is 314 g/mol. The quantitative estimate of drug-likeness (QED) is 0.782. The predicted molar refractivity (Wildman–Crippen MR) is 61.8 cm³/mol. The van der Waals surface area contributed by atoms with E-state index in [2.05, 4.69) is 15.9 Å². The highest BCUT2D eigenvalue weighted by molar-refractivity contribution is 9.10. The van der Waals surface area contributed by atoms with E-state index < -0.39 is 11.8 Å². The van der Waals surface area contributed by atoms with Gasteiger partial charge in [-0.1, -0.05) is 15.9 Å². The van der Waals surface area contributed by atoms with Gasteiger partial charge in [-0.25, -0.2) is 8.78 Å². The SMILES string of the molecule is COc1cc(Br)c(C(Cl)C(F)F)cc1OC. The summed E-state index contributed by atoms with van der Waals surface area (Å²) >= 11 is 8.76. The van der Waals surface area contributed by atoms with E-state index in [1.807, 2.05) is 0 Å². The molecule has 1 atom stereocenters. The molecule has 16 heavy (non-hydrogen) atoms. The van der Waals surface area contributed by atoms with E-state index in [4.69, 9.17) is 21.1 Å². The fourth-order valence-corrected chi connectivity index (χ4v) is 2.10. The Labute approximate surface area is 106 Å². The van der Waals surface area contributed by atoms with Gasteiger partial charge >= 0.3 is 0 Å². The number of hydrogen-bond acceptors (Lipinski definition) is 2. The molecular weight excluding hydrogens is 305 g/mol. The first-order valence-electron chi connectivity index (χ1n) is 4.35. The predicted octanol–water partition coefficient (Wildman–Crippen LogP) is 4.01. The van der Waals surface area contributed by atoms with E-state index in [0.717, 1.165) is 0 Å². The fraction of sp³-hybridized carbons (Fsp3) is 0.400. The molecular formula is C10H10BrClF2O2. The molecule has 2 nitrogen and oxygen atoms in total. The smallest absolute Gasteiger partial charge is 0.258 e. The van der Waals surface area contributed by atoms with Crippen LogP contribution >= 0.6 is 27.5 Å². The summed E-state index contributed by atoms with van der Waals surface area (Å²) < 4.78 is 35.5. The summed E-state index contributed by atoms with van der Waals surface area (Å²) in [4.78, 5) is 0. The highest BCUT2D eigenvalue weighted by Gasteiger charge is 2.23. The Morgan fingerprint density at radius 3 is 2.12 bits per heavy atom. The molecule has 90 valence electrons. The van der Waals surface area contributed by atoms with Gasteiger partial charge in [0.05, 0.1) is 14.2 Å². The van der Waals surface area contributed by atoms with Crippen molar-refractivity contribution in [1.82, 2.24) is 0 Å². The zero-order chi connectivity index (χ0) is 12.3. The summed E-state index contributed by atoms with van der Waals surface area (Å²) in [5.74, 6) is 0.822. The largest absolute Gasteiger partial charge is 0.493 e. The molecule has 0 spiro atoms. The average Bonchev–Trinajstić information content (AvgIpc) is 2.27. The third-order valence-corrected chi connectivity index (χ3v) is 3.13. The van der Waals surface area contributed by atoms with E-state index in [1.54, 1.807) is 6.07 Å². The molecule has 0 saturated heterocycles. The normalized spacial score (nSPS) is 12.7. The molecule has 1 unspecified atom stereocenters. The summed E-state index contributed by atoms with van der Waals surface area (Å²) in [7, 11) is 2.90. The van der Waals surface area contributed by atoms with Crippen LogP contribution in [0.1, 0.15) is 10.9 Å². The Morgan fingerprint density at radius 1 is 1.19 bits per heavy atom. The lowest BCUT2D eigenvalue weighted by Crippen LogP contribution is -2.04. The van der Waals surface area contributed by atoms with Crippen LogP contribution in [0.15, 0.2) is 16.6 Å². The third kappa shape index (κ3) is 2.77. The minimum atomic E-state index is -2.64. The second kappa shape index (κ2) is 5.68. The molecule has 0 fully saturated rings. The minimum Gasteiger partial charge on any atom is -0.493 e. The van der Waals surface area contributed by atoms with Crippen molar-refractivity contribution in [2.75, 3.05) is 14.2 Å². The molecule has 0 radical (unpaired) electrons. The molecule has 0 saturated carbocycles. The number of halogens is 4. The van der Waals surface area contributed by atoms with Crippen LogP contribution in [-0.2, 0) is 0 Å². The molecule has 0 aliphatic carbocycles. The van der Waals surface area contributed by atoms with Crippen molar-refractivity contribution < 1.29 is 18.3 Å². The molecule has 1 rings (SSSR count). The fourth-order valence-electron chi connectivity index (χ4n) is 1.22. The van der Waals surface area contributed by atoms with Crippen molar-refractivity contribution in [3.8, 4) is 11.5 Å². The van der Waals surface area contributed by atoms with Crippen LogP contribution in [0.5, 0.6) is 11.5 Å². The second-order valence-corrected chi connectivity index (χ2v) is 4.29. The average molecular weight is 316 g/mol. The molecule has 1 aromatic carbocycles. The van der Waals surface area contributed by atoms with E-state index in [0.29, 0.717) is 16.0 Å². The Kier molecular flexibility index (Phi) is 4.80. The topological polar surface area (TPSA) is 18.5 Å². The molecule has 6 heteroatoms. The Hall–Kier alpha value is -0.550. The van der Waals surface area contributed by atoms with Gasteiger partial charge in [0.15, 0.2) is 11.5 Å². The van der Waals surface area contributed by atoms with Crippen LogP contribution in [0, 0.1) is 0 Å². The number of ether oxygens (including phenoxy) is 2. The van der Waals surface area contributed by atoms with Crippen molar-refractivity contribution in [2.24, 2.45) is 0 Å². The Bertz CT molecular complexity index is 374. The van der Waals surface area contributed by atoms with Crippen molar-refractivity contribution >= 4 is 27.5 Å². The van der Waals surface area contributed by atoms with Gasteiger partial charge in [0.1, 0.15) is 5.38 Å². The van der Waals surface area contributed by atoms with Gasteiger partial charge in [-0.05, 0) is 17.7 Å². The van der Waals surface area contributed by atoms with Gasteiger partial charge in [-0.15, -0.1) is 11.6 Å². The maximum Gasteiger partial charge on any atom is 0.258 e. The first kappa shape index (κ1) is 13.5. The first-order valence-corrected chi connectivity index (χ1v) is 5.57. The lowest BCUT2D eigenvalue weighted by atomic mass is 10.1. The summed E-state index contributed by atoms with van der Waals surface area (Å²) in [6.07, 6.45) is -2.64. The van der Waals surface area contributed by atoms with Crippen LogP contribution in [-0.4, -0.2) is 20.6 Å². The van der Waals surface area contributed by atoms with Crippen molar-refractivity contribution in [1.29, 1.82) is 0 Å². The number of benzene rings is 1. The highest BCUT2D eigenvalue weighted by atomic mass is 79.9. The van der Waals surface area contributed by atoms with E-state index >= 15 is 0 Å². The molecule has 0 aliphatic heterocycles. The molecule has 0 amide bonds. The van der Waals surface area contributed by atoms with Crippen LogP contribution in [0.25, 0.3) is 0 Å². The molecule has 0 heterocycles.